The second-order valence-corrected chi connectivity index (χ2v) is 4.28. The number of aromatic nitrogens is 2. The largest absolute Gasteiger partial charge is 0.268 e. The Morgan fingerprint density at radius 1 is 1.21 bits per heavy atom. The van der Waals surface area contributed by atoms with Gasteiger partial charge in [-0.25, -0.2) is 4.39 Å². The molecule has 3 nitrogen and oxygen atoms in total. The first-order valence-electron chi connectivity index (χ1n) is 5.82. The monoisotopic (exact) mass is 251 g/mol. The van der Waals surface area contributed by atoms with Crippen molar-refractivity contribution in [3.63, 3.8) is 0 Å². The first kappa shape index (κ1) is 11.4. The second-order valence-electron chi connectivity index (χ2n) is 4.28. The molecule has 0 spiro atoms. The Kier molecular flexibility index (Phi) is 2.53. The van der Waals surface area contributed by atoms with E-state index in [4.69, 9.17) is 0 Å². The Labute approximate surface area is 109 Å². The predicted octanol–water partition coefficient (Wildman–Crippen LogP) is 3.25. The number of halogens is 1. The van der Waals surface area contributed by atoms with Crippen LogP contribution in [0, 0.1) is 17.1 Å². The average Bonchev–Trinajstić information content (AvgIpc) is 2.86. The molecule has 0 radical (unpaired) electrons. The third-order valence-corrected chi connectivity index (χ3v) is 3.20. The lowest BCUT2D eigenvalue weighted by atomic mass is 9.99. The van der Waals surface area contributed by atoms with E-state index in [1.807, 2.05) is 0 Å². The topological polar surface area (TPSA) is 41.6 Å². The molecule has 0 aliphatic carbocycles. The minimum atomic E-state index is -0.321. The van der Waals surface area contributed by atoms with Gasteiger partial charge in [0.05, 0.1) is 17.3 Å². The van der Waals surface area contributed by atoms with Gasteiger partial charge in [0.2, 0.25) is 0 Å². The van der Waals surface area contributed by atoms with E-state index in [0.717, 1.165) is 0 Å². The fourth-order valence-electron chi connectivity index (χ4n) is 2.26. The number of hydrogen-bond acceptors (Lipinski definition) is 2. The van der Waals surface area contributed by atoms with Crippen LogP contribution in [0.3, 0.4) is 0 Å². The lowest BCUT2D eigenvalue weighted by molar-refractivity contribution is 0.639. The first-order chi connectivity index (χ1) is 9.22. The molecular weight excluding hydrogens is 241 g/mol. The van der Waals surface area contributed by atoms with Gasteiger partial charge in [-0.15, -0.1) is 0 Å². The molecule has 0 aliphatic rings. The van der Waals surface area contributed by atoms with Crippen LogP contribution in [0.1, 0.15) is 5.56 Å². The molecule has 1 aromatic heterocycles. The Morgan fingerprint density at radius 2 is 1.95 bits per heavy atom. The number of rotatable bonds is 1. The molecule has 0 amide bonds. The number of hydrogen-bond donors (Lipinski definition) is 0. The number of nitrogens with zero attached hydrogens (tertiary/aromatic N) is 3. The summed E-state index contributed by atoms with van der Waals surface area (Å²) in [5, 5.41) is 14.3. The maximum absolute atomic E-state index is 14.6. The van der Waals surface area contributed by atoms with E-state index < -0.39 is 0 Å². The molecule has 2 aromatic carbocycles. The lowest BCUT2D eigenvalue weighted by Gasteiger charge is -2.08. The summed E-state index contributed by atoms with van der Waals surface area (Å²) < 4.78 is 16.2. The first-order valence-corrected chi connectivity index (χ1v) is 5.82. The smallest absolute Gasteiger partial charge is 0.140 e. The molecule has 0 saturated carbocycles. The second kappa shape index (κ2) is 4.21. The number of benzene rings is 2. The van der Waals surface area contributed by atoms with Crippen molar-refractivity contribution in [1.82, 2.24) is 9.78 Å². The van der Waals surface area contributed by atoms with Crippen molar-refractivity contribution in [3.05, 3.63) is 54.0 Å². The van der Waals surface area contributed by atoms with Gasteiger partial charge < -0.3 is 0 Å². The summed E-state index contributed by atoms with van der Waals surface area (Å²) in [6.07, 6.45) is 1.61. The molecule has 3 rings (SSSR count). The summed E-state index contributed by atoms with van der Waals surface area (Å²) in [5.74, 6) is -0.321. The Hall–Kier alpha value is -2.67. The highest BCUT2D eigenvalue weighted by atomic mass is 19.1. The molecule has 3 aromatic rings. The van der Waals surface area contributed by atoms with Gasteiger partial charge in [-0.2, -0.15) is 10.4 Å². The van der Waals surface area contributed by atoms with E-state index in [9.17, 15) is 9.65 Å². The van der Waals surface area contributed by atoms with E-state index >= 15 is 0 Å². The van der Waals surface area contributed by atoms with Crippen molar-refractivity contribution in [2.24, 2.45) is 7.05 Å². The molecule has 19 heavy (non-hydrogen) atoms. The predicted molar refractivity (Wildman–Crippen MR) is 70.8 cm³/mol. The van der Waals surface area contributed by atoms with Gasteiger partial charge >= 0.3 is 0 Å². The quantitative estimate of drug-likeness (QED) is 0.666. The normalized spacial score (nSPS) is 10.6. The SMILES string of the molecule is Cn1nccc1-c1cc(C#N)c2ccccc2c1F. The van der Waals surface area contributed by atoms with Crippen LogP contribution in [-0.2, 0) is 7.05 Å². The molecule has 0 unspecified atom stereocenters. The van der Waals surface area contributed by atoms with Crippen molar-refractivity contribution in [2.75, 3.05) is 0 Å². The van der Waals surface area contributed by atoms with Crippen LogP contribution in [0.25, 0.3) is 22.0 Å². The number of fused-ring (bicyclic) bond motifs is 1. The molecular formula is C15H10FN3. The molecule has 0 fully saturated rings. The summed E-state index contributed by atoms with van der Waals surface area (Å²) in [6, 6.07) is 12.4. The van der Waals surface area contributed by atoms with Crippen LogP contribution in [0.2, 0.25) is 0 Å². The van der Waals surface area contributed by atoms with Gasteiger partial charge in [0.25, 0.3) is 0 Å². The molecule has 4 heteroatoms. The van der Waals surface area contributed by atoms with Crippen molar-refractivity contribution < 1.29 is 4.39 Å². The summed E-state index contributed by atoms with van der Waals surface area (Å²) in [5.41, 5.74) is 1.52. The maximum atomic E-state index is 14.6. The Balaban J connectivity index is 2.43. The van der Waals surface area contributed by atoms with Crippen molar-refractivity contribution in [2.45, 2.75) is 0 Å². The zero-order valence-electron chi connectivity index (χ0n) is 10.3. The maximum Gasteiger partial charge on any atom is 0.140 e. The molecule has 1 heterocycles. The highest BCUT2D eigenvalue weighted by Crippen LogP contribution is 2.31. The van der Waals surface area contributed by atoms with Gasteiger partial charge in [-0.1, -0.05) is 24.3 Å². The third kappa shape index (κ3) is 1.67. The van der Waals surface area contributed by atoms with Crippen molar-refractivity contribution in [1.29, 1.82) is 5.26 Å². The fraction of sp³-hybridized carbons (Fsp3) is 0.0667. The lowest BCUT2D eigenvalue weighted by Crippen LogP contribution is -1.97. The third-order valence-electron chi connectivity index (χ3n) is 3.20. The number of aryl methyl sites for hydroxylation is 1. The van der Waals surface area contributed by atoms with Gasteiger partial charge in [0, 0.05) is 29.6 Å². The molecule has 92 valence electrons. The highest BCUT2D eigenvalue weighted by Gasteiger charge is 2.15. The molecule has 0 aliphatic heterocycles. The Bertz CT molecular complexity index is 812. The summed E-state index contributed by atoms with van der Waals surface area (Å²) in [6.45, 7) is 0. The van der Waals surface area contributed by atoms with Crippen molar-refractivity contribution in [3.8, 4) is 17.3 Å². The van der Waals surface area contributed by atoms with E-state index in [1.165, 1.54) is 0 Å². The van der Waals surface area contributed by atoms with Gasteiger partial charge in [-0.05, 0) is 12.1 Å². The van der Waals surface area contributed by atoms with Crippen molar-refractivity contribution >= 4 is 10.8 Å². The molecule has 0 saturated heterocycles. The van der Waals surface area contributed by atoms with Gasteiger partial charge in [-0.3, -0.25) is 4.68 Å². The van der Waals surface area contributed by atoms with E-state index in [0.29, 0.717) is 27.6 Å². The van der Waals surface area contributed by atoms with Crippen LogP contribution in [0.4, 0.5) is 4.39 Å². The van der Waals surface area contributed by atoms with Crippen LogP contribution in [-0.4, -0.2) is 9.78 Å². The van der Waals surface area contributed by atoms with E-state index in [2.05, 4.69) is 11.2 Å². The molecule has 0 bridgehead atoms. The minimum absolute atomic E-state index is 0.321. The molecule has 0 atom stereocenters. The fourth-order valence-corrected chi connectivity index (χ4v) is 2.26. The van der Waals surface area contributed by atoms with Crippen LogP contribution >= 0.6 is 0 Å². The summed E-state index contributed by atoms with van der Waals surface area (Å²) >= 11 is 0. The van der Waals surface area contributed by atoms with Gasteiger partial charge in [0.15, 0.2) is 0 Å². The van der Waals surface area contributed by atoms with Crippen LogP contribution in [0.15, 0.2) is 42.6 Å². The number of nitriles is 1. The molecule has 0 N–H and O–H groups in total. The average molecular weight is 251 g/mol. The zero-order chi connectivity index (χ0) is 13.4. The summed E-state index contributed by atoms with van der Waals surface area (Å²) in [7, 11) is 1.75. The van der Waals surface area contributed by atoms with Crippen LogP contribution in [0.5, 0.6) is 0 Å². The van der Waals surface area contributed by atoms with Crippen LogP contribution < -0.4 is 0 Å². The van der Waals surface area contributed by atoms with E-state index in [1.54, 1.807) is 54.3 Å². The minimum Gasteiger partial charge on any atom is -0.268 e. The standard InChI is InChI=1S/C15H10FN3/c1-19-14(6-7-18-19)13-8-10(9-17)11-4-2-3-5-12(11)15(13)16/h2-8H,1H3. The van der Waals surface area contributed by atoms with E-state index in [-0.39, 0.29) is 5.82 Å². The van der Waals surface area contributed by atoms with Gasteiger partial charge in [0.1, 0.15) is 5.82 Å². The summed E-state index contributed by atoms with van der Waals surface area (Å²) in [4.78, 5) is 0. The zero-order valence-corrected chi connectivity index (χ0v) is 10.3. The Morgan fingerprint density at radius 3 is 2.58 bits per heavy atom. The highest BCUT2D eigenvalue weighted by molar-refractivity contribution is 5.92.